The first kappa shape index (κ1) is 20.2. The van der Waals surface area contributed by atoms with Gasteiger partial charge in [0.05, 0.1) is 30.7 Å². The Morgan fingerprint density at radius 2 is 2.00 bits per heavy atom. The first-order valence-electron chi connectivity index (χ1n) is 9.20. The highest BCUT2D eigenvalue weighted by Crippen LogP contribution is 2.47. The summed E-state index contributed by atoms with van der Waals surface area (Å²) in [6.45, 7) is 3.67. The van der Waals surface area contributed by atoms with E-state index < -0.39 is 11.9 Å². The van der Waals surface area contributed by atoms with Crippen molar-refractivity contribution < 1.29 is 24.7 Å². The van der Waals surface area contributed by atoms with E-state index in [2.05, 4.69) is 47.3 Å². The lowest BCUT2D eigenvalue weighted by molar-refractivity contribution is -0.888. The standard InChI is InChI=1S/C18H21N3S.C2H2O4/c1-20-11-5-6-14(12-20)13-21-15-7-2-3-8-16(15)22-17-9-4-10-19-18(17)21;3-1(4)2(5)6/h2-4,7-10,14H,5-6,11-13H2,1H3;(H,3,4)(H,5,6). The van der Waals surface area contributed by atoms with Crippen LogP contribution in [-0.2, 0) is 9.59 Å². The largest absolute Gasteiger partial charge is 0.539 e. The molecule has 3 heterocycles. The number of aliphatic carboxylic acids is 2. The van der Waals surface area contributed by atoms with Gasteiger partial charge in [0.15, 0.2) is 5.97 Å². The van der Waals surface area contributed by atoms with Crippen LogP contribution in [0, 0.1) is 5.92 Å². The molecule has 1 saturated heterocycles. The van der Waals surface area contributed by atoms with Gasteiger partial charge in [0.1, 0.15) is 5.82 Å². The van der Waals surface area contributed by atoms with Crippen molar-refractivity contribution in [2.75, 3.05) is 31.6 Å². The highest BCUT2D eigenvalue weighted by Gasteiger charge is 2.29. The number of rotatable bonds is 2. The Bertz CT molecular complexity index is 803. The van der Waals surface area contributed by atoms with E-state index in [1.165, 1.54) is 41.4 Å². The molecule has 2 aliphatic rings. The van der Waals surface area contributed by atoms with Crippen LogP contribution in [0.2, 0.25) is 0 Å². The van der Waals surface area contributed by atoms with Gasteiger partial charge in [0.25, 0.3) is 0 Å². The Labute approximate surface area is 168 Å². The minimum absolute atomic E-state index is 0.750. The second kappa shape index (κ2) is 9.07. The van der Waals surface area contributed by atoms with E-state index >= 15 is 0 Å². The molecule has 2 atom stereocenters. The molecular weight excluding hydrogens is 378 g/mol. The maximum absolute atomic E-state index is 9.04. The number of nitrogens with zero attached hydrogens (tertiary/aromatic N) is 2. The molecule has 0 radical (unpaired) electrons. The van der Waals surface area contributed by atoms with E-state index in [9.17, 15) is 0 Å². The Hall–Kier alpha value is -2.58. The van der Waals surface area contributed by atoms with E-state index in [1.54, 1.807) is 4.90 Å². The lowest BCUT2D eigenvalue weighted by atomic mass is 9.97. The number of carboxylic acid groups (broad SMARTS) is 2. The van der Waals surface area contributed by atoms with Crippen LogP contribution < -0.4 is 14.9 Å². The molecule has 2 N–H and O–H groups in total. The Morgan fingerprint density at radius 1 is 1.29 bits per heavy atom. The summed E-state index contributed by atoms with van der Waals surface area (Å²) in [7, 11) is 2.32. The van der Waals surface area contributed by atoms with Gasteiger partial charge in [-0.05, 0) is 37.1 Å². The predicted octanol–water partition coefficient (Wildman–Crippen LogP) is 0.430. The molecule has 1 aromatic carbocycles. The molecule has 0 bridgehead atoms. The van der Waals surface area contributed by atoms with Crippen molar-refractivity contribution in [2.24, 2.45) is 5.92 Å². The minimum atomic E-state index is -2.07. The third kappa shape index (κ3) is 4.82. The monoisotopic (exact) mass is 401 g/mol. The third-order valence-corrected chi connectivity index (χ3v) is 5.95. The summed E-state index contributed by atoms with van der Waals surface area (Å²) >= 11 is 1.84. The first-order valence-corrected chi connectivity index (χ1v) is 10.0. The van der Waals surface area contributed by atoms with Crippen LogP contribution in [-0.4, -0.2) is 48.7 Å². The molecule has 0 saturated carbocycles. The van der Waals surface area contributed by atoms with Crippen molar-refractivity contribution in [1.29, 1.82) is 0 Å². The van der Waals surface area contributed by atoms with E-state index in [4.69, 9.17) is 19.8 Å². The zero-order valence-electron chi connectivity index (χ0n) is 15.6. The van der Waals surface area contributed by atoms with Crippen molar-refractivity contribution in [1.82, 2.24) is 4.98 Å². The van der Waals surface area contributed by atoms with Crippen molar-refractivity contribution in [3.05, 3.63) is 42.6 Å². The molecule has 0 aliphatic carbocycles. The number of carbonyl (C=O) groups excluding carboxylic acids is 1. The number of para-hydroxylation sites is 1. The number of hydrogen-bond donors (Lipinski definition) is 2. The third-order valence-electron chi connectivity index (χ3n) is 4.85. The molecule has 148 valence electrons. The van der Waals surface area contributed by atoms with E-state index in [-0.39, 0.29) is 0 Å². The number of likely N-dealkylation sites (tertiary alicyclic amines) is 1. The first-order chi connectivity index (χ1) is 13.5. The number of piperidine rings is 1. The number of carboxylic acids is 2. The van der Waals surface area contributed by atoms with Crippen LogP contribution in [0.4, 0.5) is 11.5 Å². The van der Waals surface area contributed by atoms with Crippen LogP contribution in [0.1, 0.15) is 12.8 Å². The number of hydrogen-bond acceptors (Lipinski definition) is 6. The second-order valence-electron chi connectivity index (χ2n) is 7.02. The number of carbonyl (C=O) groups is 2. The Balaban J connectivity index is 0.000000330. The SMILES string of the molecule is C[NH+]1CCCC(CN2c3ccccc3Sc3cccnc32)C1.O=C([O-])C(=O)O. The lowest BCUT2D eigenvalue weighted by Gasteiger charge is -2.36. The number of pyridine rings is 1. The number of quaternary nitrogens is 1. The Kier molecular flexibility index (Phi) is 6.53. The molecule has 0 amide bonds. The van der Waals surface area contributed by atoms with E-state index in [1.807, 2.05) is 24.0 Å². The topological polar surface area (TPSA) is 98.0 Å². The van der Waals surface area contributed by atoms with Gasteiger partial charge in [-0.3, -0.25) is 0 Å². The summed E-state index contributed by atoms with van der Waals surface area (Å²) < 4.78 is 0. The summed E-state index contributed by atoms with van der Waals surface area (Å²) in [5.74, 6) is -2.13. The summed E-state index contributed by atoms with van der Waals surface area (Å²) in [6, 6.07) is 13.0. The van der Waals surface area contributed by atoms with Crippen LogP contribution in [0.25, 0.3) is 0 Å². The lowest BCUT2D eigenvalue weighted by Crippen LogP contribution is -3.10. The van der Waals surface area contributed by atoms with Crippen LogP contribution in [0.15, 0.2) is 52.4 Å². The van der Waals surface area contributed by atoms with Gasteiger partial charge < -0.3 is 24.8 Å². The average molecular weight is 401 g/mol. The predicted molar refractivity (Wildman–Crippen MR) is 104 cm³/mol. The van der Waals surface area contributed by atoms with Gasteiger partial charge in [-0.2, -0.15) is 0 Å². The summed E-state index contributed by atoms with van der Waals surface area (Å²) in [6.07, 6.45) is 4.60. The van der Waals surface area contributed by atoms with Crippen molar-refractivity contribution in [2.45, 2.75) is 22.6 Å². The van der Waals surface area contributed by atoms with Crippen molar-refractivity contribution >= 4 is 35.2 Å². The van der Waals surface area contributed by atoms with Crippen LogP contribution in [0.3, 0.4) is 0 Å². The maximum atomic E-state index is 9.04. The van der Waals surface area contributed by atoms with Crippen LogP contribution in [0.5, 0.6) is 0 Å². The number of aromatic nitrogens is 1. The molecule has 1 aromatic heterocycles. The molecule has 2 aromatic rings. The van der Waals surface area contributed by atoms with E-state index in [0.717, 1.165) is 18.3 Å². The quantitative estimate of drug-likeness (QED) is 0.704. The molecule has 2 unspecified atom stereocenters. The van der Waals surface area contributed by atoms with Crippen molar-refractivity contribution in [3.8, 4) is 0 Å². The van der Waals surface area contributed by atoms with Gasteiger partial charge in [0, 0.05) is 23.6 Å². The molecule has 28 heavy (non-hydrogen) atoms. The smallest absolute Gasteiger partial charge is 0.351 e. The molecule has 0 spiro atoms. The summed E-state index contributed by atoms with van der Waals surface area (Å²) in [5, 5.41) is 16.3. The Morgan fingerprint density at radius 3 is 2.71 bits per heavy atom. The van der Waals surface area contributed by atoms with Gasteiger partial charge in [-0.1, -0.05) is 23.9 Å². The fourth-order valence-corrected chi connectivity index (χ4v) is 4.72. The maximum Gasteiger partial charge on any atom is 0.351 e. The fraction of sp³-hybridized carbons (Fsp3) is 0.350. The highest BCUT2D eigenvalue weighted by molar-refractivity contribution is 7.99. The molecule has 4 rings (SSSR count). The van der Waals surface area contributed by atoms with Gasteiger partial charge >= 0.3 is 5.97 Å². The van der Waals surface area contributed by atoms with Gasteiger partial charge in [0.2, 0.25) is 0 Å². The second-order valence-corrected chi connectivity index (χ2v) is 8.10. The summed E-state index contributed by atoms with van der Waals surface area (Å²) in [5.41, 5.74) is 1.32. The summed E-state index contributed by atoms with van der Waals surface area (Å²) in [4.78, 5) is 29.4. The highest BCUT2D eigenvalue weighted by atomic mass is 32.2. The van der Waals surface area contributed by atoms with Gasteiger partial charge in [-0.25, -0.2) is 9.78 Å². The normalized spacial score (nSPS) is 20.2. The number of nitrogens with one attached hydrogen (secondary N) is 1. The molecule has 7 nitrogen and oxygen atoms in total. The number of fused-ring (bicyclic) bond motifs is 2. The molecule has 8 heteroatoms. The number of anilines is 2. The van der Waals surface area contributed by atoms with E-state index in [0.29, 0.717) is 0 Å². The minimum Gasteiger partial charge on any atom is -0.539 e. The molecule has 2 aliphatic heterocycles. The zero-order valence-corrected chi connectivity index (χ0v) is 16.4. The van der Waals surface area contributed by atoms with Crippen LogP contribution >= 0.6 is 11.8 Å². The number of benzene rings is 1. The van der Waals surface area contributed by atoms with Crippen molar-refractivity contribution in [3.63, 3.8) is 0 Å². The van der Waals surface area contributed by atoms with Gasteiger partial charge in [-0.15, -0.1) is 0 Å². The average Bonchev–Trinajstić information content (AvgIpc) is 2.68. The fourth-order valence-electron chi connectivity index (χ4n) is 3.65. The zero-order chi connectivity index (χ0) is 20.1. The molecule has 1 fully saturated rings. The molecular formula is C20H23N3O4S.